The normalized spacial score (nSPS) is 11.3. The first kappa shape index (κ1) is 21.5. The second-order valence-corrected chi connectivity index (χ2v) is 6.99. The van der Waals surface area contributed by atoms with Gasteiger partial charge in [0.25, 0.3) is 5.91 Å². The maximum atomic E-state index is 13.0. The minimum Gasteiger partial charge on any atom is -0.493 e. The molecule has 0 spiro atoms. The number of hydrogen-bond acceptors (Lipinski definition) is 4. The molecule has 158 valence electrons. The molecule has 1 heterocycles. The first-order chi connectivity index (χ1) is 14.1. The van der Waals surface area contributed by atoms with Crippen LogP contribution in [0.1, 0.15) is 16.1 Å². The molecule has 0 saturated carbocycles. The van der Waals surface area contributed by atoms with Crippen LogP contribution in [-0.4, -0.2) is 36.9 Å². The molecule has 3 rings (SSSR count). The first-order valence-corrected chi connectivity index (χ1v) is 9.07. The third-order valence-corrected chi connectivity index (χ3v) is 4.48. The molecule has 3 aromatic rings. The van der Waals surface area contributed by atoms with Crippen LogP contribution in [0.15, 0.2) is 48.7 Å². The number of benzene rings is 2. The van der Waals surface area contributed by atoms with E-state index in [1.54, 1.807) is 23.1 Å². The highest BCUT2D eigenvalue weighted by molar-refractivity contribution is 6.31. The molecule has 30 heavy (non-hydrogen) atoms. The van der Waals surface area contributed by atoms with Crippen molar-refractivity contribution < 1.29 is 22.7 Å². The van der Waals surface area contributed by atoms with Crippen molar-refractivity contribution >= 4 is 28.9 Å². The molecular formula is C20H18ClF3N4O2. The van der Waals surface area contributed by atoms with Gasteiger partial charge in [0.15, 0.2) is 11.4 Å². The molecule has 0 bridgehead atoms. The Balaban J connectivity index is 1.96. The van der Waals surface area contributed by atoms with Crippen LogP contribution in [0.3, 0.4) is 0 Å². The Hall–Kier alpha value is -3.20. The fraction of sp³-hybridized carbons (Fsp3) is 0.200. The summed E-state index contributed by atoms with van der Waals surface area (Å²) in [7, 11) is 4.96. The number of carbonyl (C=O) groups excluding carboxylic acids is 1. The lowest BCUT2D eigenvalue weighted by Gasteiger charge is -2.18. The molecule has 2 aromatic carbocycles. The Morgan fingerprint density at radius 1 is 1.20 bits per heavy atom. The van der Waals surface area contributed by atoms with Gasteiger partial charge in [-0.3, -0.25) is 4.79 Å². The summed E-state index contributed by atoms with van der Waals surface area (Å²) in [6, 6.07) is 9.64. The number of nitrogens with one attached hydrogen (secondary N) is 1. The molecular weight excluding hydrogens is 421 g/mol. The average molecular weight is 439 g/mol. The van der Waals surface area contributed by atoms with E-state index in [9.17, 15) is 18.0 Å². The number of carbonyl (C=O) groups is 1. The predicted octanol–water partition coefficient (Wildman–Crippen LogP) is 4.87. The largest absolute Gasteiger partial charge is 0.493 e. The van der Waals surface area contributed by atoms with Crippen LogP contribution in [0.2, 0.25) is 5.02 Å². The minimum atomic E-state index is -4.50. The van der Waals surface area contributed by atoms with Gasteiger partial charge < -0.3 is 15.0 Å². The molecule has 0 aliphatic heterocycles. The Bertz CT molecular complexity index is 1080. The molecule has 0 aliphatic rings. The van der Waals surface area contributed by atoms with Crippen molar-refractivity contribution in [2.45, 2.75) is 6.18 Å². The maximum Gasteiger partial charge on any atom is 0.416 e. The topological polar surface area (TPSA) is 59.4 Å². The quantitative estimate of drug-likeness (QED) is 0.617. The molecule has 0 unspecified atom stereocenters. The van der Waals surface area contributed by atoms with Gasteiger partial charge in [-0.2, -0.15) is 18.3 Å². The Morgan fingerprint density at radius 2 is 1.93 bits per heavy atom. The zero-order valence-electron chi connectivity index (χ0n) is 16.3. The van der Waals surface area contributed by atoms with E-state index in [2.05, 4.69) is 10.4 Å². The summed E-state index contributed by atoms with van der Waals surface area (Å²) in [5.41, 5.74) is 0.394. The number of nitrogens with zero attached hydrogens (tertiary/aromatic N) is 3. The molecule has 0 fully saturated rings. The SMILES string of the molecule is COc1cn(-c2cccc(C(F)(F)F)c2)nc1C(=O)Nc1cc(Cl)ccc1N(C)C. The molecule has 1 aromatic heterocycles. The van der Waals surface area contributed by atoms with Crippen molar-refractivity contribution in [1.82, 2.24) is 9.78 Å². The number of ether oxygens (including phenoxy) is 1. The fourth-order valence-electron chi connectivity index (χ4n) is 2.80. The molecule has 0 atom stereocenters. The van der Waals surface area contributed by atoms with Crippen LogP contribution < -0.4 is 15.0 Å². The van der Waals surface area contributed by atoms with Gasteiger partial charge in [0.1, 0.15) is 0 Å². The van der Waals surface area contributed by atoms with Gasteiger partial charge in [-0.15, -0.1) is 0 Å². The van der Waals surface area contributed by atoms with E-state index in [0.29, 0.717) is 16.4 Å². The van der Waals surface area contributed by atoms with E-state index >= 15 is 0 Å². The summed E-state index contributed by atoms with van der Waals surface area (Å²) in [5, 5.41) is 7.28. The van der Waals surface area contributed by atoms with Crippen LogP contribution in [0.5, 0.6) is 5.75 Å². The van der Waals surface area contributed by atoms with Crippen molar-refractivity contribution in [3.63, 3.8) is 0 Å². The zero-order valence-corrected chi connectivity index (χ0v) is 17.0. The van der Waals surface area contributed by atoms with Gasteiger partial charge in [0.2, 0.25) is 0 Å². The highest BCUT2D eigenvalue weighted by Gasteiger charge is 2.31. The number of anilines is 2. The van der Waals surface area contributed by atoms with Crippen LogP contribution in [0.4, 0.5) is 24.5 Å². The van der Waals surface area contributed by atoms with Crippen LogP contribution in [0.25, 0.3) is 5.69 Å². The number of halogens is 4. The monoisotopic (exact) mass is 438 g/mol. The summed E-state index contributed by atoms with van der Waals surface area (Å²) in [6.45, 7) is 0. The second-order valence-electron chi connectivity index (χ2n) is 6.55. The summed E-state index contributed by atoms with van der Waals surface area (Å²) < 4.78 is 45.4. The Labute approximate surface area is 175 Å². The zero-order chi connectivity index (χ0) is 22.1. The number of alkyl halides is 3. The van der Waals surface area contributed by atoms with Crippen molar-refractivity contribution in [2.24, 2.45) is 0 Å². The van der Waals surface area contributed by atoms with Crippen LogP contribution >= 0.6 is 11.6 Å². The van der Waals surface area contributed by atoms with E-state index in [4.69, 9.17) is 16.3 Å². The number of aromatic nitrogens is 2. The van der Waals surface area contributed by atoms with E-state index in [-0.39, 0.29) is 17.1 Å². The molecule has 1 amide bonds. The Kier molecular flexibility index (Phi) is 5.93. The molecule has 6 nitrogen and oxygen atoms in total. The maximum absolute atomic E-state index is 13.0. The minimum absolute atomic E-state index is 0.0837. The van der Waals surface area contributed by atoms with Gasteiger partial charge >= 0.3 is 6.18 Å². The smallest absolute Gasteiger partial charge is 0.416 e. The molecule has 0 saturated heterocycles. The van der Waals surface area contributed by atoms with Crippen molar-refractivity contribution in [3.05, 3.63) is 64.9 Å². The third kappa shape index (κ3) is 4.51. The van der Waals surface area contributed by atoms with Gasteiger partial charge in [0.05, 0.1) is 35.9 Å². The lowest BCUT2D eigenvalue weighted by atomic mass is 10.2. The highest BCUT2D eigenvalue weighted by atomic mass is 35.5. The summed E-state index contributed by atoms with van der Waals surface area (Å²) in [5.74, 6) is -0.485. The average Bonchev–Trinajstić information content (AvgIpc) is 3.12. The number of amides is 1. The van der Waals surface area contributed by atoms with Crippen LogP contribution in [-0.2, 0) is 6.18 Å². The van der Waals surface area contributed by atoms with E-state index in [1.165, 1.54) is 25.4 Å². The van der Waals surface area contributed by atoms with Gasteiger partial charge in [-0.05, 0) is 36.4 Å². The van der Waals surface area contributed by atoms with E-state index in [1.807, 2.05) is 14.1 Å². The standard InChI is InChI=1S/C20H18ClF3N4O2/c1-27(2)16-8-7-13(21)10-15(16)25-19(29)18-17(30-3)11-28(26-18)14-6-4-5-12(9-14)20(22,23)24/h4-11H,1-3H3,(H,25,29). The first-order valence-electron chi connectivity index (χ1n) is 8.69. The van der Waals surface area contributed by atoms with Crippen molar-refractivity contribution in [1.29, 1.82) is 0 Å². The summed E-state index contributed by atoms with van der Waals surface area (Å²) >= 11 is 6.04. The van der Waals surface area contributed by atoms with Crippen molar-refractivity contribution in [2.75, 3.05) is 31.4 Å². The lowest BCUT2D eigenvalue weighted by molar-refractivity contribution is -0.137. The number of methoxy groups -OCH3 is 1. The van der Waals surface area contributed by atoms with Gasteiger partial charge in [0, 0.05) is 19.1 Å². The molecule has 0 aliphatic carbocycles. The molecule has 1 N–H and O–H groups in total. The fourth-order valence-corrected chi connectivity index (χ4v) is 2.97. The Morgan fingerprint density at radius 3 is 2.57 bits per heavy atom. The van der Waals surface area contributed by atoms with Gasteiger partial charge in [-0.1, -0.05) is 17.7 Å². The number of rotatable bonds is 5. The second kappa shape index (κ2) is 8.27. The van der Waals surface area contributed by atoms with E-state index in [0.717, 1.165) is 16.8 Å². The van der Waals surface area contributed by atoms with Crippen LogP contribution in [0, 0.1) is 0 Å². The van der Waals surface area contributed by atoms with E-state index < -0.39 is 17.6 Å². The third-order valence-electron chi connectivity index (χ3n) is 4.24. The number of hydrogen-bond donors (Lipinski definition) is 1. The highest BCUT2D eigenvalue weighted by Crippen LogP contribution is 2.32. The molecule has 10 heteroatoms. The summed E-state index contributed by atoms with van der Waals surface area (Å²) in [4.78, 5) is 14.6. The van der Waals surface area contributed by atoms with Crippen molar-refractivity contribution in [3.8, 4) is 11.4 Å². The predicted molar refractivity (Wildman–Crippen MR) is 109 cm³/mol. The lowest BCUT2D eigenvalue weighted by Crippen LogP contribution is -2.18. The van der Waals surface area contributed by atoms with Gasteiger partial charge in [-0.25, -0.2) is 4.68 Å². The molecule has 0 radical (unpaired) electrons. The summed E-state index contributed by atoms with van der Waals surface area (Å²) in [6.07, 6.45) is -3.15.